The number of carbonyl (C=O) groups excluding carboxylic acids is 1. The van der Waals surface area contributed by atoms with E-state index in [1.165, 1.54) is 47.3 Å². The van der Waals surface area contributed by atoms with Crippen LogP contribution in [0.15, 0.2) is 101 Å². The van der Waals surface area contributed by atoms with Crippen molar-refractivity contribution in [2.75, 3.05) is 26.2 Å². The van der Waals surface area contributed by atoms with Crippen LogP contribution < -0.4 is 11.0 Å². The smallest absolute Gasteiger partial charge is 0.416 e. The number of piperidine rings is 1. The lowest BCUT2D eigenvalue weighted by atomic mass is 10.0. The van der Waals surface area contributed by atoms with Crippen LogP contribution in [0, 0.1) is 18.3 Å². The lowest BCUT2D eigenvalue weighted by Crippen LogP contribution is -2.57. The maximum absolute atomic E-state index is 14.0. The summed E-state index contributed by atoms with van der Waals surface area (Å²) < 4.78 is 76.2. The zero-order valence-corrected chi connectivity index (χ0v) is 30.1. The van der Waals surface area contributed by atoms with Gasteiger partial charge in [-0.05, 0) is 81.4 Å². The van der Waals surface area contributed by atoms with Gasteiger partial charge >= 0.3 is 17.9 Å². The van der Waals surface area contributed by atoms with Gasteiger partial charge in [-0.25, -0.2) is 27.3 Å². The van der Waals surface area contributed by atoms with E-state index in [0.717, 1.165) is 64.8 Å². The second kappa shape index (κ2) is 15.6. The Morgan fingerprint density at radius 1 is 0.981 bits per heavy atom. The number of imidazole rings is 1. The number of likely N-dealkylation sites (tertiary alicyclic amines) is 1. The molecular formula is C37H38F3N7O5S. The molecule has 6 rings (SSSR count). The van der Waals surface area contributed by atoms with E-state index in [1.807, 2.05) is 0 Å². The highest BCUT2D eigenvalue weighted by Crippen LogP contribution is 2.32. The van der Waals surface area contributed by atoms with Crippen molar-refractivity contribution in [1.29, 1.82) is 5.26 Å². The fourth-order valence-electron chi connectivity index (χ4n) is 6.53. The Bertz CT molecular complexity index is 2280. The number of nitrogens with one attached hydrogen (secondary N) is 1. The van der Waals surface area contributed by atoms with Crippen LogP contribution in [0.2, 0.25) is 0 Å². The molecule has 12 nitrogen and oxygen atoms in total. The molecule has 2 aromatic heterocycles. The van der Waals surface area contributed by atoms with Gasteiger partial charge in [-0.3, -0.25) is 4.57 Å². The molecule has 0 unspecified atom stereocenters. The fourth-order valence-corrected chi connectivity index (χ4v) is 7.02. The zero-order valence-electron chi connectivity index (χ0n) is 29.2. The molecule has 1 N–H and O–H groups in total. The van der Waals surface area contributed by atoms with Crippen LogP contribution in [-0.4, -0.2) is 74.6 Å². The van der Waals surface area contributed by atoms with E-state index >= 15 is 0 Å². The Balaban J connectivity index is 0.000000469. The first-order chi connectivity index (χ1) is 25.1. The number of benzene rings is 3. The predicted octanol–water partition coefficient (Wildman–Crippen LogP) is 5.86. The van der Waals surface area contributed by atoms with Crippen LogP contribution in [-0.2, 0) is 16.3 Å². The molecule has 0 spiro atoms. The van der Waals surface area contributed by atoms with Gasteiger partial charge in [0.1, 0.15) is 15.8 Å². The molecule has 1 saturated heterocycles. The molecular weight excluding hydrogens is 712 g/mol. The van der Waals surface area contributed by atoms with Gasteiger partial charge in [0.15, 0.2) is 0 Å². The third-order valence-electron chi connectivity index (χ3n) is 9.65. The third-order valence-corrected chi connectivity index (χ3v) is 10.5. The van der Waals surface area contributed by atoms with E-state index in [9.17, 15) is 41.0 Å². The Morgan fingerprint density at radius 3 is 2.17 bits per heavy atom. The molecule has 53 heavy (non-hydrogen) atoms. The minimum Gasteiger partial charge on any atom is -0.744 e. The highest BCUT2D eigenvalue weighted by atomic mass is 32.2. The molecule has 0 saturated carbocycles. The van der Waals surface area contributed by atoms with Gasteiger partial charge in [0.2, 0.25) is 0 Å². The first-order valence-electron chi connectivity index (χ1n) is 16.9. The van der Waals surface area contributed by atoms with Gasteiger partial charge in [0, 0.05) is 18.9 Å². The highest BCUT2D eigenvalue weighted by Gasteiger charge is 2.34. The van der Waals surface area contributed by atoms with Crippen LogP contribution in [0.1, 0.15) is 43.5 Å². The summed E-state index contributed by atoms with van der Waals surface area (Å²) in [4.78, 5) is 27.7. The number of aromatic nitrogens is 4. The average Bonchev–Trinajstić information content (AvgIpc) is 3.73. The first-order valence-corrected chi connectivity index (χ1v) is 18.3. The maximum atomic E-state index is 14.0. The van der Waals surface area contributed by atoms with Gasteiger partial charge in [0.25, 0.3) is 0 Å². The van der Waals surface area contributed by atoms with E-state index in [1.54, 1.807) is 43.3 Å². The normalized spacial score (nSPS) is 14.5. The predicted molar refractivity (Wildman–Crippen MR) is 189 cm³/mol. The molecule has 1 fully saturated rings. The van der Waals surface area contributed by atoms with Gasteiger partial charge < -0.3 is 14.4 Å². The molecule has 0 radical (unpaired) electrons. The monoisotopic (exact) mass is 749 g/mol. The number of nitrogens with zero attached hydrogens (tertiary/aromatic N) is 6. The number of nitriles is 1. The van der Waals surface area contributed by atoms with Crippen LogP contribution in [0.3, 0.4) is 0 Å². The molecule has 3 heterocycles. The molecule has 0 aliphatic carbocycles. The number of carbonyl (C=O) groups is 1. The number of rotatable bonds is 7. The van der Waals surface area contributed by atoms with Gasteiger partial charge in [0.05, 0.1) is 77.2 Å². The summed E-state index contributed by atoms with van der Waals surface area (Å²) in [6.45, 7) is 9.70. The first kappa shape index (κ1) is 38.7. The lowest BCUT2D eigenvalue weighted by molar-refractivity contribution is -0.929. The minimum atomic E-state index is -4.61. The number of amides is 1. The zero-order chi connectivity index (χ0) is 38.6. The summed E-state index contributed by atoms with van der Waals surface area (Å²) in [5.74, 6) is 0. The van der Waals surface area contributed by atoms with E-state index < -0.39 is 33.6 Å². The van der Waals surface area contributed by atoms with Crippen molar-refractivity contribution in [3.63, 3.8) is 0 Å². The summed E-state index contributed by atoms with van der Waals surface area (Å²) >= 11 is 0. The maximum Gasteiger partial charge on any atom is 0.416 e. The van der Waals surface area contributed by atoms with Crippen molar-refractivity contribution in [2.24, 2.45) is 0 Å². The quantitative estimate of drug-likeness (QED) is 0.162. The summed E-state index contributed by atoms with van der Waals surface area (Å²) in [6, 6.07) is 21.2. The molecule has 1 aliphatic heterocycles. The largest absolute Gasteiger partial charge is 0.744 e. The Kier molecular flexibility index (Phi) is 11.4. The molecule has 16 heteroatoms. The Hall–Kier alpha value is -5.50. The van der Waals surface area contributed by atoms with E-state index in [0.29, 0.717) is 16.9 Å². The van der Waals surface area contributed by atoms with Gasteiger partial charge in [-0.2, -0.15) is 23.5 Å². The van der Waals surface area contributed by atoms with Gasteiger partial charge in [-0.1, -0.05) is 24.3 Å². The topological polar surface area (TPSA) is 155 Å². The summed E-state index contributed by atoms with van der Waals surface area (Å²) in [7, 11) is -4.25. The number of halogens is 3. The molecule has 1 amide bonds. The summed E-state index contributed by atoms with van der Waals surface area (Å²) in [5, 5.41) is 16.6. The summed E-state index contributed by atoms with van der Waals surface area (Å²) in [5.41, 5.74) is 0.160. The number of alkyl halides is 3. The Labute approximate surface area is 304 Å². The van der Waals surface area contributed by atoms with Crippen molar-refractivity contribution in [2.45, 2.75) is 50.7 Å². The van der Waals surface area contributed by atoms with Crippen LogP contribution in [0.4, 0.5) is 18.0 Å². The average molecular weight is 750 g/mol. The van der Waals surface area contributed by atoms with Crippen LogP contribution in [0.5, 0.6) is 0 Å². The van der Waals surface area contributed by atoms with E-state index in [2.05, 4.69) is 30.3 Å². The number of hydrogen-bond acceptors (Lipinski definition) is 7. The van der Waals surface area contributed by atoms with Crippen molar-refractivity contribution in [3.05, 3.63) is 118 Å². The van der Waals surface area contributed by atoms with Crippen molar-refractivity contribution in [3.8, 4) is 28.8 Å². The minimum absolute atomic E-state index is 0.0137. The summed E-state index contributed by atoms with van der Waals surface area (Å²) in [6.07, 6.45) is -1.62. The highest BCUT2D eigenvalue weighted by molar-refractivity contribution is 7.85. The molecule has 3 aromatic carbocycles. The van der Waals surface area contributed by atoms with Gasteiger partial charge in [-0.15, -0.1) is 0 Å². The van der Waals surface area contributed by atoms with E-state index in [4.69, 9.17) is 0 Å². The molecule has 0 bridgehead atoms. The fraction of sp³-hybridized carbons (Fsp3) is 0.297. The number of quaternary nitrogens is 1. The van der Waals surface area contributed by atoms with E-state index in [-0.39, 0.29) is 28.0 Å². The van der Waals surface area contributed by atoms with Crippen molar-refractivity contribution in [1.82, 2.24) is 24.2 Å². The van der Waals surface area contributed by atoms with Crippen molar-refractivity contribution < 1.29 is 35.4 Å². The molecule has 5 aromatic rings. The Morgan fingerprint density at radius 2 is 1.62 bits per heavy atom. The third kappa shape index (κ3) is 8.43. The second-order valence-corrected chi connectivity index (χ2v) is 14.0. The van der Waals surface area contributed by atoms with Crippen LogP contribution >= 0.6 is 0 Å². The van der Waals surface area contributed by atoms with Crippen molar-refractivity contribution >= 4 is 16.1 Å². The molecule has 0 atom stereocenters. The second-order valence-electron chi connectivity index (χ2n) is 12.6. The molecule has 1 aliphatic rings. The van der Waals surface area contributed by atoms with Crippen LogP contribution in [0.25, 0.3) is 22.8 Å². The SMILES string of the molecule is CC[N+]1(CC)CCC(NC(=O)n2c(-c3ccnn3-c3ccc(C#N)cc3)c(C)n(-c3cccc(C(F)(F)F)c3)c2=O)CC1.O=S(=O)([O-])c1ccccc1. The standard InChI is InChI=1S/C31H32F3N7O2.C6H6O3S/c1-4-41(5-2)17-14-24(15-18-41)37-29(42)39-28(27-13-16-36-40(27)25-11-9-22(20-35)10-12-25)21(3)38(30(39)43)26-8-6-7-23(19-26)31(32,33)34;7-10(8,9)6-4-2-1-3-5-6/h6-13,16,19,24H,4-5,14-15,17-18H2,1-3H3;1-5H,(H,7,8,9). The number of hydrogen-bond donors (Lipinski definition) is 1. The lowest BCUT2D eigenvalue weighted by Gasteiger charge is -2.42. The molecule has 278 valence electrons.